The molecule has 0 aliphatic carbocycles. The van der Waals surface area contributed by atoms with Gasteiger partial charge in [0.25, 0.3) is 0 Å². The highest BCUT2D eigenvalue weighted by molar-refractivity contribution is 7.89. The summed E-state index contributed by atoms with van der Waals surface area (Å²) in [6.45, 7) is 3.90. The van der Waals surface area contributed by atoms with Crippen LogP contribution in [0.5, 0.6) is 0 Å². The van der Waals surface area contributed by atoms with Crippen molar-refractivity contribution >= 4 is 10.0 Å². The van der Waals surface area contributed by atoms with Gasteiger partial charge in [-0.3, -0.25) is 0 Å². The van der Waals surface area contributed by atoms with Gasteiger partial charge in [0.1, 0.15) is 0 Å². The first-order valence-electron chi connectivity index (χ1n) is 7.37. The Balaban J connectivity index is 1.98. The van der Waals surface area contributed by atoms with Gasteiger partial charge in [0.05, 0.1) is 11.5 Å². The molecular weight excluding hydrogens is 288 g/mol. The summed E-state index contributed by atoms with van der Waals surface area (Å²) >= 11 is 0. The van der Waals surface area contributed by atoms with Crippen molar-refractivity contribution in [2.45, 2.75) is 30.7 Å². The zero-order chi connectivity index (χ0) is 15.3. The van der Waals surface area contributed by atoms with Crippen molar-refractivity contribution in [3.63, 3.8) is 0 Å². The molecule has 2 rings (SSSR count). The number of nitrogens with one attached hydrogen (secondary N) is 2. The van der Waals surface area contributed by atoms with Crippen LogP contribution in [0.3, 0.4) is 0 Å². The minimum atomic E-state index is -3.43. The number of hydrogen-bond donors (Lipinski definition) is 2. The zero-order valence-corrected chi connectivity index (χ0v) is 13.4. The van der Waals surface area contributed by atoms with Crippen molar-refractivity contribution in [1.82, 2.24) is 10.0 Å². The van der Waals surface area contributed by atoms with Crippen molar-refractivity contribution in [3.8, 4) is 0 Å². The molecule has 0 aromatic heterocycles. The minimum Gasteiger partial charge on any atom is -0.381 e. The first kappa shape index (κ1) is 16.4. The van der Waals surface area contributed by atoms with Crippen molar-refractivity contribution in [2.24, 2.45) is 5.92 Å². The van der Waals surface area contributed by atoms with Gasteiger partial charge in [-0.15, -0.1) is 0 Å². The second kappa shape index (κ2) is 7.35. The van der Waals surface area contributed by atoms with E-state index >= 15 is 0 Å². The van der Waals surface area contributed by atoms with Crippen LogP contribution in [0.4, 0.5) is 0 Å². The van der Waals surface area contributed by atoms with Crippen LogP contribution in [0.1, 0.15) is 31.4 Å². The maximum Gasteiger partial charge on any atom is 0.240 e. The SMILES string of the molecule is CNC(C)c1ccc(S(=O)(=O)NCC2CCCOC2)cc1. The van der Waals surface area contributed by atoms with E-state index in [1.54, 1.807) is 12.1 Å². The molecule has 1 heterocycles. The van der Waals surface area contributed by atoms with Crippen LogP contribution >= 0.6 is 0 Å². The summed E-state index contributed by atoms with van der Waals surface area (Å²) in [6.07, 6.45) is 2.02. The van der Waals surface area contributed by atoms with Crippen LogP contribution in [0.15, 0.2) is 29.2 Å². The number of sulfonamides is 1. The third-order valence-electron chi connectivity index (χ3n) is 3.94. The Morgan fingerprint density at radius 2 is 2.05 bits per heavy atom. The van der Waals surface area contributed by atoms with Crippen molar-refractivity contribution in [2.75, 3.05) is 26.8 Å². The fourth-order valence-corrected chi connectivity index (χ4v) is 3.50. The average molecular weight is 312 g/mol. The topological polar surface area (TPSA) is 67.4 Å². The lowest BCUT2D eigenvalue weighted by molar-refractivity contribution is 0.0568. The molecule has 1 aliphatic heterocycles. The summed E-state index contributed by atoms with van der Waals surface area (Å²) in [5.41, 5.74) is 1.07. The van der Waals surface area contributed by atoms with E-state index in [0.717, 1.165) is 25.0 Å². The molecule has 21 heavy (non-hydrogen) atoms. The molecule has 2 atom stereocenters. The van der Waals surface area contributed by atoms with Crippen LogP contribution in [-0.2, 0) is 14.8 Å². The van der Waals surface area contributed by atoms with Crippen molar-refractivity contribution in [3.05, 3.63) is 29.8 Å². The van der Waals surface area contributed by atoms with Gasteiger partial charge in [-0.2, -0.15) is 0 Å². The molecule has 1 saturated heterocycles. The molecule has 1 aromatic carbocycles. The Labute approximate surface area is 127 Å². The van der Waals surface area contributed by atoms with Crippen LogP contribution in [0.25, 0.3) is 0 Å². The van der Waals surface area contributed by atoms with Gasteiger partial charge in [-0.05, 0) is 50.4 Å². The molecule has 0 bridgehead atoms. The summed E-state index contributed by atoms with van der Waals surface area (Å²) < 4.78 is 32.6. The standard InChI is InChI=1S/C15H24N2O3S/c1-12(16-2)14-5-7-15(8-6-14)21(18,19)17-10-13-4-3-9-20-11-13/h5-8,12-13,16-17H,3-4,9-11H2,1-2H3. The normalized spacial score (nSPS) is 21.1. The van der Waals surface area contributed by atoms with E-state index in [9.17, 15) is 8.42 Å². The van der Waals surface area contributed by atoms with E-state index in [2.05, 4.69) is 10.0 Å². The minimum absolute atomic E-state index is 0.203. The number of hydrogen-bond acceptors (Lipinski definition) is 4. The number of ether oxygens (including phenoxy) is 1. The van der Waals surface area contributed by atoms with Crippen LogP contribution < -0.4 is 10.0 Å². The van der Waals surface area contributed by atoms with E-state index in [-0.39, 0.29) is 12.0 Å². The monoisotopic (exact) mass is 312 g/mol. The van der Waals surface area contributed by atoms with E-state index in [0.29, 0.717) is 18.0 Å². The third kappa shape index (κ3) is 4.51. The molecule has 6 heteroatoms. The molecule has 0 saturated carbocycles. The summed E-state index contributed by atoms with van der Waals surface area (Å²) in [4.78, 5) is 0.311. The Hall–Kier alpha value is -0.950. The second-order valence-corrected chi connectivity index (χ2v) is 7.28. The molecule has 1 aromatic rings. The zero-order valence-electron chi connectivity index (χ0n) is 12.6. The molecule has 5 nitrogen and oxygen atoms in total. The maximum atomic E-state index is 12.3. The third-order valence-corrected chi connectivity index (χ3v) is 5.38. The van der Waals surface area contributed by atoms with Gasteiger partial charge < -0.3 is 10.1 Å². The molecule has 0 radical (unpaired) electrons. The van der Waals surface area contributed by atoms with Gasteiger partial charge in [0.2, 0.25) is 10.0 Å². The van der Waals surface area contributed by atoms with Crippen LogP contribution in [0.2, 0.25) is 0 Å². The quantitative estimate of drug-likeness (QED) is 0.838. The average Bonchev–Trinajstić information content (AvgIpc) is 2.53. The molecule has 1 fully saturated rings. The van der Waals surface area contributed by atoms with E-state index in [1.807, 2.05) is 26.1 Å². The largest absolute Gasteiger partial charge is 0.381 e. The fourth-order valence-electron chi connectivity index (χ4n) is 2.38. The van der Waals surface area contributed by atoms with E-state index in [4.69, 9.17) is 4.74 Å². The second-order valence-electron chi connectivity index (χ2n) is 5.51. The molecule has 1 aliphatic rings. The smallest absolute Gasteiger partial charge is 0.240 e. The Bertz CT molecular complexity index is 537. The summed E-state index contributed by atoms with van der Waals surface area (Å²) in [7, 11) is -1.56. The summed E-state index contributed by atoms with van der Waals surface area (Å²) in [5, 5.41) is 3.13. The van der Waals surface area contributed by atoms with Gasteiger partial charge in [0, 0.05) is 19.2 Å². The molecule has 118 valence electrons. The first-order valence-corrected chi connectivity index (χ1v) is 8.86. The molecule has 2 N–H and O–H groups in total. The summed E-state index contributed by atoms with van der Waals surface area (Å²) in [5.74, 6) is 0.275. The lowest BCUT2D eigenvalue weighted by Crippen LogP contribution is -2.33. The Kier molecular flexibility index (Phi) is 5.75. The highest BCUT2D eigenvalue weighted by Gasteiger charge is 2.19. The molecular formula is C15H24N2O3S. The fraction of sp³-hybridized carbons (Fsp3) is 0.600. The molecule has 0 amide bonds. The van der Waals surface area contributed by atoms with Gasteiger partial charge in [-0.1, -0.05) is 12.1 Å². The lowest BCUT2D eigenvalue weighted by Gasteiger charge is -2.22. The Morgan fingerprint density at radius 1 is 1.33 bits per heavy atom. The van der Waals surface area contributed by atoms with Crippen LogP contribution in [0, 0.1) is 5.92 Å². The van der Waals surface area contributed by atoms with Gasteiger partial charge in [-0.25, -0.2) is 13.1 Å². The lowest BCUT2D eigenvalue weighted by atomic mass is 10.0. The molecule has 2 unspecified atom stereocenters. The highest BCUT2D eigenvalue weighted by atomic mass is 32.2. The maximum absolute atomic E-state index is 12.3. The van der Waals surface area contributed by atoms with Gasteiger partial charge >= 0.3 is 0 Å². The highest BCUT2D eigenvalue weighted by Crippen LogP contribution is 2.17. The predicted molar refractivity (Wildman–Crippen MR) is 82.6 cm³/mol. The van der Waals surface area contributed by atoms with Gasteiger partial charge in [0.15, 0.2) is 0 Å². The number of benzene rings is 1. The first-order chi connectivity index (χ1) is 10.0. The predicted octanol–water partition coefficient (Wildman–Crippen LogP) is 1.67. The summed E-state index contributed by atoms with van der Waals surface area (Å²) in [6, 6.07) is 7.21. The van der Waals surface area contributed by atoms with Crippen molar-refractivity contribution < 1.29 is 13.2 Å². The van der Waals surface area contributed by atoms with Crippen LogP contribution in [-0.4, -0.2) is 35.2 Å². The van der Waals surface area contributed by atoms with E-state index in [1.165, 1.54) is 0 Å². The number of rotatable bonds is 6. The van der Waals surface area contributed by atoms with Crippen molar-refractivity contribution in [1.29, 1.82) is 0 Å². The molecule has 0 spiro atoms. The van der Waals surface area contributed by atoms with E-state index < -0.39 is 10.0 Å². The Morgan fingerprint density at radius 3 is 2.62 bits per heavy atom.